The molecule has 1 atom stereocenters. The van der Waals surface area contributed by atoms with Crippen LogP contribution in [0.5, 0.6) is 5.75 Å². The maximum Gasteiger partial charge on any atom is 0.139 e. The normalized spacial score (nSPS) is 20.6. The molecule has 1 aliphatic heterocycles. The SMILES string of the molecule is Cl.Cl.Oc1c(Cl)cc(F)cc1[C@H](C1CCCC1)N1CCNCC1. The minimum absolute atomic E-state index is 0. The summed E-state index contributed by atoms with van der Waals surface area (Å²) in [7, 11) is 0. The van der Waals surface area contributed by atoms with E-state index in [4.69, 9.17) is 11.6 Å². The Labute approximate surface area is 154 Å². The number of phenols is 1. The largest absolute Gasteiger partial charge is 0.506 e. The zero-order valence-electron chi connectivity index (χ0n) is 12.9. The number of hydrogen-bond acceptors (Lipinski definition) is 3. The van der Waals surface area contributed by atoms with Crippen LogP contribution in [0.25, 0.3) is 0 Å². The van der Waals surface area contributed by atoms with Crippen LogP contribution in [-0.4, -0.2) is 36.2 Å². The lowest BCUT2D eigenvalue weighted by molar-refractivity contribution is 0.123. The van der Waals surface area contributed by atoms with Gasteiger partial charge in [0.2, 0.25) is 0 Å². The molecule has 1 saturated carbocycles. The Balaban J connectivity index is 0.00000132. The van der Waals surface area contributed by atoms with Crippen molar-refractivity contribution in [3.63, 3.8) is 0 Å². The van der Waals surface area contributed by atoms with Crippen LogP contribution in [0.3, 0.4) is 0 Å². The van der Waals surface area contributed by atoms with Crippen LogP contribution < -0.4 is 5.32 Å². The van der Waals surface area contributed by atoms with Gasteiger partial charge in [-0.25, -0.2) is 4.39 Å². The van der Waals surface area contributed by atoms with Crippen molar-refractivity contribution in [3.8, 4) is 5.75 Å². The summed E-state index contributed by atoms with van der Waals surface area (Å²) >= 11 is 5.99. The Kier molecular flexibility index (Phi) is 8.39. The van der Waals surface area contributed by atoms with Crippen molar-refractivity contribution < 1.29 is 9.50 Å². The summed E-state index contributed by atoms with van der Waals surface area (Å²) in [6.07, 6.45) is 4.72. The fourth-order valence-corrected chi connectivity index (χ4v) is 4.01. The van der Waals surface area contributed by atoms with Gasteiger partial charge in [0.25, 0.3) is 0 Å². The lowest BCUT2D eigenvalue weighted by Crippen LogP contribution is -2.46. The molecule has 3 nitrogen and oxygen atoms in total. The number of phenolic OH excluding ortho intramolecular Hbond substituents is 1. The molecule has 0 amide bonds. The average Bonchev–Trinajstić information content (AvgIpc) is 2.99. The summed E-state index contributed by atoms with van der Waals surface area (Å²) in [5.74, 6) is 0.159. The van der Waals surface area contributed by atoms with Gasteiger partial charge in [0.15, 0.2) is 0 Å². The highest BCUT2D eigenvalue weighted by Crippen LogP contribution is 2.44. The Morgan fingerprint density at radius 3 is 2.39 bits per heavy atom. The Bertz CT molecular complexity index is 506. The number of piperazine rings is 1. The van der Waals surface area contributed by atoms with E-state index in [-0.39, 0.29) is 47.4 Å². The molecule has 1 aromatic rings. The van der Waals surface area contributed by atoms with Gasteiger partial charge in [0, 0.05) is 37.8 Å². The second kappa shape index (κ2) is 9.28. The third-order valence-electron chi connectivity index (χ3n) is 4.77. The van der Waals surface area contributed by atoms with E-state index in [9.17, 15) is 9.50 Å². The molecule has 7 heteroatoms. The lowest BCUT2D eigenvalue weighted by Gasteiger charge is -2.39. The van der Waals surface area contributed by atoms with E-state index in [0.29, 0.717) is 11.5 Å². The molecule has 23 heavy (non-hydrogen) atoms. The minimum Gasteiger partial charge on any atom is -0.506 e. The summed E-state index contributed by atoms with van der Waals surface area (Å²) in [6.45, 7) is 3.73. The average molecular weight is 386 g/mol. The van der Waals surface area contributed by atoms with Gasteiger partial charge in [0.05, 0.1) is 5.02 Å². The fraction of sp³-hybridized carbons (Fsp3) is 0.625. The maximum absolute atomic E-state index is 13.8. The zero-order valence-corrected chi connectivity index (χ0v) is 15.3. The highest BCUT2D eigenvalue weighted by molar-refractivity contribution is 6.32. The van der Waals surface area contributed by atoms with E-state index >= 15 is 0 Å². The van der Waals surface area contributed by atoms with Gasteiger partial charge >= 0.3 is 0 Å². The van der Waals surface area contributed by atoms with Crippen LogP contribution in [-0.2, 0) is 0 Å². The van der Waals surface area contributed by atoms with Gasteiger partial charge in [-0.2, -0.15) is 0 Å². The van der Waals surface area contributed by atoms with Crippen molar-refractivity contribution in [1.82, 2.24) is 10.2 Å². The van der Waals surface area contributed by atoms with Crippen LogP contribution in [0.15, 0.2) is 12.1 Å². The second-order valence-corrected chi connectivity index (χ2v) is 6.51. The zero-order chi connectivity index (χ0) is 14.8. The van der Waals surface area contributed by atoms with Crippen LogP contribution in [0.2, 0.25) is 5.02 Å². The van der Waals surface area contributed by atoms with E-state index in [0.717, 1.165) is 39.0 Å². The van der Waals surface area contributed by atoms with Gasteiger partial charge in [-0.15, -0.1) is 24.8 Å². The van der Waals surface area contributed by atoms with Crippen molar-refractivity contribution in [1.29, 1.82) is 0 Å². The van der Waals surface area contributed by atoms with Gasteiger partial charge < -0.3 is 10.4 Å². The van der Waals surface area contributed by atoms with Crippen molar-refractivity contribution >= 4 is 36.4 Å². The monoisotopic (exact) mass is 384 g/mol. The molecular weight excluding hydrogens is 362 g/mol. The Morgan fingerprint density at radius 2 is 1.78 bits per heavy atom. The van der Waals surface area contributed by atoms with Crippen molar-refractivity contribution in [3.05, 3.63) is 28.5 Å². The molecular formula is C16H24Cl3FN2O. The first-order valence-corrected chi connectivity index (χ1v) is 8.17. The molecule has 1 aromatic carbocycles. The first-order chi connectivity index (χ1) is 10.2. The maximum atomic E-state index is 13.8. The molecule has 2 aliphatic rings. The van der Waals surface area contributed by atoms with Crippen LogP contribution in [0.1, 0.15) is 37.3 Å². The lowest BCUT2D eigenvalue weighted by atomic mass is 9.89. The van der Waals surface area contributed by atoms with E-state index in [1.165, 1.54) is 25.0 Å². The second-order valence-electron chi connectivity index (χ2n) is 6.10. The molecule has 1 saturated heterocycles. The predicted molar refractivity (Wildman–Crippen MR) is 96.7 cm³/mol. The highest BCUT2D eigenvalue weighted by Gasteiger charge is 2.34. The predicted octanol–water partition coefficient (Wildman–Crippen LogP) is 4.16. The van der Waals surface area contributed by atoms with E-state index < -0.39 is 0 Å². The molecule has 0 bridgehead atoms. The molecule has 1 heterocycles. The van der Waals surface area contributed by atoms with E-state index in [1.807, 2.05) is 0 Å². The van der Waals surface area contributed by atoms with Crippen molar-refractivity contribution in [2.45, 2.75) is 31.7 Å². The Morgan fingerprint density at radius 1 is 1.17 bits per heavy atom. The number of aromatic hydroxyl groups is 1. The molecule has 1 aliphatic carbocycles. The van der Waals surface area contributed by atoms with Gasteiger partial charge in [0.1, 0.15) is 11.6 Å². The summed E-state index contributed by atoms with van der Waals surface area (Å²) in [5, 5.41) is 13.8. The molecule has 0 unspecified atom stereocenters. The highest BCUT2D eigenvalue weighted by atomic mass is 35.5. The number of rotatable bonds is 3. The van der Waals surface area contributed by atoms with Crippen LogP contribution >= 0.6 is 36.4 Å². The van der Waals surface area contributed by atoms with Gasteiger partial charge in [-0.3, -0.25) is 4.90 Å². The summed E-state index contributed by atoms with van der Waals surface area (Å²) in [4.78, 5) is 2.37. The number of nitrogens with one attached hydrogen (secondary N) is 1. The molecule has 0 aromatic heterocycles. The van der Waals surface area contributed by atoms with E-state index in [2.05, 4.69) is 10.2 Å². The van der Waals surface area contributed by atoms with Gasteiger partial charge in [-0.1, -0.05) is 24.4 Å². The summed E-state index contributed by atoms with van der Waals surface area (Å²) in [5.41, 5.74) is 0.661. The van der Waals surface area contributed by atoms with E-state index in [1.54, 1.807) is 0 Å². The molecule has 132 valence electrons. The quantitative estimate of drug-likeness (QED) is 0.820. The first kappa shape index (κ1) is 20.8. The molecule has 2 N–H and O–H groups in total. The van der Waals surface area contributed by atoms with Crippen molar-refractivity contribution in [2.75, 3.05) is 26.2 Å². The fourth-order valence-electron chi connectivity index (χ4n) is 3.79. The number of halogens is 4. The van der Waals surface area contributed by atoms with Gasteiger partial charge in [-0.05, 0) is 30.9 Å². The third-order valence-corrected chi connectivity index (χ3v) is 5.06. The molecule has 3 rings (SSSR count). The topological polar surface area (TPSA) is 35.5 Å². The molecule has 0 radical (unpaired) electrons. The van der Waals surface area contributed by atoms with Crippen LogP contribution in [0, 0.1) is 11.7 Å². The standard InChI is InChI=1S/C16H22ClFN2O.2ClH/c17-14-10-12(18)9-13(16(14)21)15(11-3-1-2-4-11)20-7-5-19-6-8-20;;/h9-11,15,19,21H,1-8H2;2*1H/t15-;;/m0../s1. The minimum atomic E-state index is -0.370. The Hall–Kier alpha value is -0.260. The molecule has 0 spiro atoms. The first-order valence-electron chi connectivity index (χ1n) is 7.79. The van der Waals surface area contributed by atoms with Crippen LogP contribution in [0.4, 0.5) is 4.39 Å². The smallest absolute Gasteiger partial charge is 0.139 e. The molecule has 2 fully saturated rings. The summed E-state index contributed by atoms with van der Waals surface area (Å²) in [6, 6.07) is 2.72. The number of benzene rings is 1. The number of hydrogen-bond donors (Lipinski definition) is 2. The number of nitrogens with zero attached hydrogens (tertiary/aromatic N) is 1. The third kappa shape index (κ3) is 4.64. The van der Waals surface area contributed by atoms with Crippen molar-refractivity contribution in [2.24, 2.45) is 5.92 Å². The summed E-state index contributed by atoms with van der Waals surface area (Å²) < 4.78 is 13.8.